The number of ketones is 1. The van der Waals surface area contributed by atoms with E-state index in [1.165, 1.54) is 0 Å². The van der Waals surface area contributed by atoms with Crippen molar-refractivity contribution in [2.24, 2.45) is 11.7 Å². The summed E-state index contributed by atoms with van der Waals surface area (Å²) in [4.78, 5) is 12.1. The van der Waals surface area contributed by atoms with Gasteiger partial charge in [0, 0.05) is 13.2 Å². The molecule has 2 N–H and O–H groups in total. The molecule has 1 aliphatic heterocycles. The summed E-state index contributed by atoms with van der Waals surface area (Å²) in [5, 5.41) is 0. The maximum atomic E-state index is 12.1. The van der Waals surface area contributed by atoms with Gasteiger partial charge in [-0.15, -0.1) is 0 Å². The second-order valence-electron chi connectivity index (χ2n) is 5.18. The first kappa shape index (κ1) is 12.6. The molecule has 15 heavy (non-hydrogen) atoms. The number of carbonyl (C=O) groups excluding carboxylic acids is 1. The van der Waals surface area contributed by atoms with Crippen LogP contribution in [-0.2, 0) is 14.3 Å². The van der Waals surface area contributed by atoms with E-state index in [4.69, 9.17) is 15.2 Å². The van der Waals surface area contributed by atoms with Gasteiger partial charge in [-0.3, -0.25) is 4.79 Å². The van der Waals surface area contributed by atoms with Crippen LogP contribution in [0.25, 0.3) is 0 Å². The van der Waals surface area contributed by atoms with Crippen molar-refractivity contribution in [3.63, 3.8) is 0 Å². The minimum Gasteiger partial charge on any atom is -0.383 e. The zero-order valence-electron chi connectivity index (χ0n) is 10.2. The Bertz CT molecular complexity index is 261. The lowest BCUT2D eigenvalue weighted by Crippen LogP contribution is -2.47. The van der Waals surface area contributed by atoms with Gasteiger partial charge in [-0.25, -0.2) is 0 Å². The summed E-state index contributed by atoms with van der Waals surface area (Å²) in [6, 6.07) is -0.306. The van der Waals surface area contributed by atoms with Crippen LogP contribution in [0.2, 0.25) is 0 Å². The molecule has 2 atom stereocenters. The Balaban J connectivity index is 2.92. The molecule has 0 aromatic rings. The molecule has 0 bridgehead atoms. The predicted octanol–water partition coefficient (Wildman–Crippen LogP) is 0.733. The van der Waals surface area contributed by atoms with Crippen LogP contribution in [0.5, 0.6) is 0 Å². The summed E-state index contributed by atoms with van der Waals surface area (Å²) in [6.07, 6.45) is 0. The zero-order chi connectivity index (χ0) is 11.9. The average Bonchev–Trinajstić information content (AvgIpc) is 2.16. The maximum absolute atomic E-state index is 12.1. The highest BCUT2D eigenvalue weighted by atomic mass is 16.5. The Morgan fingerprint density at radius 2 is 2.00 bits per heavy atom. The van der Waals surface area contributed by atoms with Crippen LogP contribution < -0.4 is 5.73 Å². The molecule has 0 saturated carbocycles. The van der Waals surface area contributed by atoms with Crippen molar-refractivity contribution in [3.8, 4) is 0 Å². The molecule has 1 aliphatic rings. The van der Waals surface area contributed by atoms with Crippen molar-refractivity contribution >= 4 is 5.78 Å². The minimum atomic E-state index is -0.737. The molecule has 1 saturated heterocycles. The van der Waals surface area contributed by atoms with E-state index in [0.29, 0.717) is 6.61 Å². The van der Waals surface area contributed by atoms with Crippen LogP contribution in [0, 0.1) is 5.92 Å². The molecular weight excluding hydrogens is 194 g/mol. The molecule has 4 heteroatoms. The van der Waals surface area contributed by atoms with Gasteiger partial charge in [0.05, 0.1) is 18.1 Å². The molecule has 0 aliphatic carbocycles. The molecule has 0 amide bonds. The number of hydrogen-bond donors (Lipinski definition) is 1. The lowest BCUT2D eigenvalue weighted by Gasteiger charge is -2.28. The van der Waals surface area contributed by atoms with Gasteiger partial charge < -0.3 is 15.2 Å². The Kier molecular flexibility index (Phi) is 3.24. The monoisotopic (exact) mass is 215 g/mol. The summed E-state index contributed by atoms with van der Waals surface area (Å²) in [5.74, 6) is -0.232. The van der Waals surface area contributed by atoms with Crippen LogP contribution in [0.1, 0.15) is 27.7 Å². The maximum Gasteiger partial charge on any atom is 0.171 e. The first-order chi connectivity index (χ1) is 6.72. The van der Waals surface area contributed by atoms with Gasteiger partial charge in [-0.1, -0.05) is 0 Å². The highest BCUT2D eigenvalue weighted by molar-refractivity contribution is 5.92. The van der Waals surface area contributed by atoms with Crippen LogP contribution in [0.15, 0.2) is 0 Å². The van der Waals surface area contributed by atoms with Crippen LogP contribution in [-0.4, -0.2) is 36.7 Å². The average molecular weight is 215 g/mol. The largest absolute Gasteiger partial charge is 0.383 e. The third-order valence-electron chi connectivity index (χ3n) is 2.93. The van der Waals surface area contributed by atoms with Crippen molar-refractivity contribution in [2.45, 2.75) is 44.9 Å². The van der Waals surface area contributed by atoms with E-state index in [0.717, 1.165) is 0 Å². The van der Waals surface area contributed by atoms with Gasteiger partial charge in [-0.2, -0.15) is 0 Å². The summed E-state index contributed by atoms with van der Waals surface area (Å²) in [5.41, 5.74) is 4.70. The van der Waals surface area contributed by atoms with Gasteiger partial charge in [0.2, 0.25) is 0 Å². The van der Waals surface area contributed by atoms with Crippen molar-refractivity contribution < 1.29 is 14.3 Å². The quantitative estimate of drug-likeness (QED) is 0.754. The number of nitrogens with two attached hydrogens (primary N) is 1. The Hall–Kier alpha value is -0.450. The fourth-order valence-corrected chi connectivity index (χ4v) is 2.46. The number of Topliss-reactive ketones (excluding diaryl/α,β-unsaturated/α-hetero) is 1. The molecule has 1 fully saturated rings. The predicted molar refractivity (Wildman–Crippen MR) is 57.6 cm³/mol. The molecule has 88 valence electrons. The van der Waals surface area contributed by atoms with Crippen molar-refractivity contribution in [1.82, 2.24) is 0 Å². The number of ether oxygens (including phenoxy) is 2. The molecule has 0 aromatic carbocycles. The molecule has 4 nitrogen and oxygen atoms in total. The lowest BCUT2D eigenvalue weighted by molar-refractivity contribution is -0.132. The number of hydrogen-bond acceptors (Lipinski definition) is 4. The summed E-state index contributed by atoms with van der Waals surface area (Å²) < 4.78 is 10.7. The lowest BCUT2D eigenvalue weighted by atomic mass is 9.81. The first-order valence-corrected chi connectivity index (χ1v) is 5.21. The Morgan fingerprint density at radius 1 is 1.47 bits per heavy atom. The molecule has 2 unspecified atom stereocenters. The van der Waals surface area contributed by atoms with E-state index >= 15 is 0 Å². The fraction of sp³-hybridized carbons (Fsp3) is 0.909. The van der Waals surface area contributed by atoms with Gasteiger partial charge >= 0.3 is 0 Å². The van der Waals surface area contributed by atoms with E-state index in [2.05, 4.69) is 0 Å². The molecule has 0 aromatic heterocycles. The van der Waals surface area contributed by atoms with E-state index in [-0.39, 0.29) is 17.7 Å². The first-order valence-electron chi connectivity index (χ1n) is 5.21. The molecular formula is C11H21NO3. The second-order valence-corrected chi connectivity index (χ2v) is 5.18. The topological polar surface area (TPSA) is 61.5 Å². The van der Waals surface area contributed by atoms with Crippen LogP contribution in [0.4, 0.5) is 0 Å². The van der Waals surface area contributed by atoms with Gasteiger partial charge in [0.15, 0.2) is 5.78 Å². The van der Waals surface area contributed by atoms with Crippen molar-refractivity contribution in [2.75, 3.05) is 13.7 Å². The normalized spacial score (nSPS) is 30.5. The van der Waals surface area contributed by atoms with Gasteiger partial charge in [-0.05, 0) is 27.7 Å². The van der Waals surface area contributed by atoms with Crippen LogP contribution in [0.3, 0.4) is 0 Å². The number of methoxy groups -OCH3 is 1. The SMILES string of the molecule is COCC(N)C1C(=O)C(C)(C)OC1(C)C. The standard InChI is InChI=1S/C11H21NO3/c1-10(2)8(7(12)6-14-5)9(13)11(3,4)15-10/h7-8H,6,12H2,1-5H3. The molecule has 0 spiro atoms. The van der Waals surface area contributed by atoms with E-state index in [9.17, 15) is 4.79 Å². The van der Waals surface area contributed by atoms with Crippen molar-refractivity contribution in [1.29, 1.82) is 0 Å². The summed E-state index contributed by atoms with van der Waals surface area (Å²) in [6.45, 7) is 7.76. The van der Waals surface area contributed by atoms with Crippen LogP contribution >= 0.6 is 0 Å². The van der Waals surface area contributed by atoms with Crippen molar-refractivity contribution in [3.05, 3.63) is 0 Å². The minimum absolute atomic E-state index is 0.0667. The second kappa shape index (κ2) is 3.85. The smallest absolute Gasteiger partial charge is 0.171 e. The fourth-order valence-electron chi connectivity index (χ4n) is 2.46. The highest BCUT2D eigenvalue weighted by Crippen LogP contribution is 2.40. The zero-order valence-corrected chi connectivity index (χ0v) is 10.2. The Morgan fingerprint density at radius 3 is 2.33 bits per heavy atom. The number of rotatable bonds is 3. The highest BCUT2D eigenvalue weighted by Gasteiger charge is 2.55. The summed E-state index contributed by atoms with van der Waals surface area (Å²) in [7, 11) is 1.58. The number of carbonyl (C=O) groups is 1. The van der Waals surface area contributed by atoms with E-state index in [1.54, 1.807) is 21.0 Å². The third kappa shape index (κ3) is 2.22. The summed E-state index contributed by atoms with van der Waals surface area (Å²) >= 11 is 0. The molecule has 1 heterocycles. The molecule has 1 rings (SSSR count). The Labute approximate surface area is 91.1 Å². The van der Waals surface area contributed by atoms with E-state index < -0.39 is 11.2 Å². The van der Waals surface area contributed by atoms with Gasteiger partial charge in [0.25, 0.3) is 0 Å². The molecule has 0 radical (unpaired) electrons. The van der Waals surface area contributed by atoms with Gasteiger partial charge in [0.1, 0.15) is 5.60 Å². The van der Waals surface area contributed by atoms with E-state index in [1.807, 2.05) is 13.8 Å². The third-order valence-corrected chi connectivity index (χ3v) is 2.93.